The number of methoxy groups -OCH3 is 1. The summed E-state index contributed by atoms with van der Waals surface area (Å²) in [5.74, 6) is -6.25. The van der Waals surface area contributed by atoms with Crippen LogP contribution in [0.2, 0.25) is 0 Å². The predicted octanol–water partition coefficient (Wildman–Crippen LogP) is 4.95. The number of aryl methyl sites for hydroxylation is 1. The molecule has 0 amide bonds. The van der Waals surface area contributed by atoms with Crippen molar-refractivity contribution in [2.75, 3.05) is 31.7 Å². The SMILES string of the molecule is CCCCNCCC(Oc1nc(-c2c(F)c(N)nc(C)c2C(F)(F)F)c(F)c2nc(OC)nc(N)c12)C(F)(F)F. The number of pyridine rings is 2. The van der Waals surface area contributed by atoms with E-state index in [1.807, 2.05) is 6.92 Å². The molecule has 0 aliphatic heterocycles. The minimum Gasteiger partial charge on any atom is -0.467 e. The Labute approximate surface area is 222 Å². The molecule has 0 aromatic carbocycles. The molecule has 0 aliphatic carbocycles. The Bertz CT molecular complexity index is 1380. The highest BCUT2D eigenvalue weighted by atomic mass is 19.4. The third kappa shape index (κ3) is 6.34. The minimum absolute atomic E-state index is 0.164. The van der Waals surface area contributed by atoms with Crippen LogP contribution in [-0.4, -0.2) is 52.4 Å². The van der Waals surface area contributed by atoms with E-state index < -0.39 is 93.5 Å². The van der Waals surface area contributed by atoms with Gasteiger partial charge in [0.1, 0.15) is 22.4 Å². The van der Waals surface area contributed by atoms with Gasteiger partial charge >= 0.3 is 18.4 Å². The van der Waals surface area contributed by atoms with Crippen LogP contribution in [0.4, 0.5) is 46.8 Å². The first-order chi connectivity index (χ1) is 18.6. The van der Waals surface area contributed by atoms with Crippen molar-refractivity contribution in [1.29, 1.82) is 0 Å². The zero-order valence-corrected chi connectivity index (χ0v) is 21.4. The van der Waals surface area contributed by atoms with Crippen molar-refractivity contribution in [2.24, 2.45) is 0 Å². The zero-order valence-electron chi connectivity index (χ0n) is 21.4. The molecule has 3 heterocycles. The Morgan fingerprint density at radius 2 is 1.60 bits per heavy atom. The Hall–Kier alpha value is -3.76. The van der Waals surface area contributed by atoms with E-state index in [0.29, 0.717) is 13.0 Å². The molecule has 5 N–H and O–H groups in total. The average Bonchev–Trinajstić information content (AvgIpc) is 2.85. The van der Waals surface area contributed by atoms with E-state index in [2.05, 4.69) is 25.3 Å². The lowest BCUT2D eigenvalue weighted by atomic mass is 10.0. The standard InChI is InChI=1S/C23H25F8N7O2/c1-4-5-7-34-8-6-10(22(26,27)28)40-20-12-17(37-21(39-3)38-18(12)32)15(25)16(36-20)11-13(23(29,30)31)9(2)35-19(33)14(11)24/h10,34H,4-8H2,1-3H3,(H2,33,35)(H2,32,37,38). The van der Waals surface area contributed by atoms with Crippen LogP contribution in [0.3, 0.4) is 0 Å². The van der Waals surface area contributed by atoms with Crippen molar-refractivity contribution in [3.8, 4) is 23.1 Å². The van der Waals surface area contributed by atoms with Crippen molar-refractivity contribution in [2.45, 2.75) is 51.6 Å². The summed E-state index contributed by atoms with van der Waals surface area (Å²) in [5, 5.41) is 2.12. The molecule has 0 bridgehead atoms. The second-order valence-electron chi connectivity index (χ2n) is 8.58. The van der Waals surface area contributed by atoms with Crippen molar-refractivity contribution in [3.05, 3.63) is 22.9 Å². The van der Waals surface area contributed by atoms with E-state index in [1.165, 1.54) is 0 Å². The molecule has 3 rings (SSSR count). The van der Waals surface area contributed by atoms with Crippen LogP contribution < -0.4 is 26.3 Å². The molecule has 220 valence electrons. The van der Waals surface area contributed by atoms with Crippen LogP contribution in [-0.2, 0) is 6.18 Å². The first kappa shape index (κ1) is 30.8. The Kier molecular flexibility index (Phi) is 9.06. The normalized spacial score (nSPS) is 13.1. The molecule has 40 heavy (non-hydrogen) atoms. The van der Waals surface area contributed by atoms with E-state index in [9.17, 15) is 26.3 Å². The summed E-state index contributed by atoms with van der Waals surface area (Å²) in [6.07, 6.45) is -12.1. The van der Waals surface area contributed by atoms with Gasteiger partial charge in [-0.3, -0.25) is 0 Å². The summed E-state index contributed by atoms with van der Waals surface area (Å²) in [5.41, 5.74) is 4.83. The number of halogens is 8. The van der Waals surface area contributed by atoms with Gasteiger partial charge in [0.15, 0.2) is 23.6 Å². The predicted molar refractivity (Wildman–Crippen MR) is 128 cm³/mol. The number of fused-ring (bicyclic) bond motifs is 1. The molecule has 3 aromatic heterocycles. The maximum absolute atomic E-state index is 15.8. The van der Waals surface area contributed by atoms with Crippen LogP contribution in [0.5, 0.6) is 11.9 Å². The third-order valence-electron chi connectivity index (χ3n) is 5.72. The minimum atomic E-state index is -5.30. The number of nitrogens with two attached hydrogens (primary N) is 2. The highest BCUT2D eigenvalue weighted by molar-refractivity contribution is 5.95. The van der Waals surface area contributed by atoms with E-state index in [4.69, 9.17) is 20.9 Å². The number of hydrogen-bond acceptors (Lipinski definition) is 9. The fourth-order valence-electron chi connectivity index (χ4n) is 3.85. The number of alkyl halides is 6. The van der Waals surface area contributed by atoms with Gasteiger partial charge in [-0.15, -0.1) is 0 Å². The monoisotopic (exact) mass is 583 g/mol. The maximum atomic E-state index is 15.8. The van der Waals surface area contributed by atoms with Crippen molar-refractivity contribution in [3.63, 3.8) is 0 Å². The molecule has 1 unspecified atom stereocenters. The molecule has 9 nitrogen and oxygen atoms in total. The Balaban J connectivity index is 2.33. The van der Waals surface area contributed by atoms with Crippen LogP contribution in [0, 0.1) is 18.6 Å². The topological polar surface area (TPSA) is 134 Å². The van der Waals surface area contributed by atoms with Gasteiger partial charge in [-0.05, 0) is 26.4 Å². The average molecular weight is 583 g/mol. The van der Waals surface area contributed by atoms with Gasteiger partial charge in [-0.2, -0.15) is 36.3 Å². The van der Waals surface area contributed by atoms with Gasteiger partial charge in [0.05, 0.1) is 23.9 Å². The van der Waals surface area contributed by atoms with Crippen molar-refractivity contribution < 1.29 is 44.6 Å². The Morgan fingerprint density at radius 1 is 0.925 bits per heavy atom. The lowest BCUT2D eigenvalue weighted by Crippen LogP contribution is -2.37. The van der Waals surface area contributed by atoms with Crippen LogP contribution >= 0.6 is 0 Å². The number of anilines is 2. The van der Waals surface area contributed by atoms with Crippen LogP contribution in [0.1, 0.15) is 37.4 Å². The van der Waals surface area contributed by atoms with E-state index in [0.717, 1.165) is 20.5 Å². The summed E-state index contributed by atoms with van der Waals surface area (Å²) in [4.78, 5) is 14.2. The quantitative estimate of drug-likeness (QED) is 0.224. The molecule has 0 saturated heterocycles. The van der Waals surface area contributed by atoms with Gasteiger partial charge < -0.3 is 26.3 Å². The molecular formula is C23H25F8N7O2. The molecule has 0 spiro atoms. The van der Waals surface area contributed by atoms with Gasteiger partial charge in [-0.25, -0.2) is 18.7 Å². The number of nitrogen functional groups attached to an aromatic ring is 2. The molecule has 0 aliphatic rings. The second kappa shape index (κ2) is 11.8. The van der Waals surface area contributed by atoms with E-state index in [-0.39, 0.29) is 6.54 Å². The molecule has 0 saturated carbocycles. The maximum Gasteiger partial charge on any atom is 0.425 e. The van der Waals surface area contributed by atoms with Crippen LogP contribution in [0.15, 0.2) is 0 Å². The summed E-state index contributed by atoms with van der Waals surface area (Å²) in [6.45, 7) is 2.99. The van der Waals surface area contributed by atoms with Gasteiger partial charge in [0, 0.05) is 6.42 Å². The van der Waals surface area contributed by atoms with E-state index in [1.54, 1.807) is 0 Å². The smallest absolute Gasteiger partial charge is 0.425 e. The van der Waals surface area contributed by atoms with Crippen LogP contribution in [0.25, 0.3) is 22.2 Å². The lowest BCUT2D eigenvalue weighted by Gasteiger charge is -2.23. The number of hydrogen-bond donors (Lipinski definition) is 3. The first-order valence-corrected chi connectivity index (χ1v) is 11.8. The number of nitrogens with zero attached hydrogens (tertiary/aromatic N) is 4. The second-order valence-corrected chi connectivity index (χ2v) is 8.58. The van der Waals surface area contributed by atoms with Gasteiger partial charge in [0.2, 0.25) is 5.88 Å². The first-order valence-electron chi connectivity index (χ1n) is 11.8. The largest absolute Gasteiger partial charge is 0.467 e. The Morgan fingerprint density at radius 3 is 2.17 bits per heavy atom. The third-order valence-corrected chi connectivity index (χ3v) is 5.72. The van der Waals surface area contributed by atoms with E-state index >= 15 is 8.78 Å². The summed E-state index contributed by atoms with van der Waals surface area (Å²) >= 11 is 0. The van der Waals surface area contributed by atoms with Gasteiger partial charge in [-0.1, -0.05) is 13.3 Å². The van der Waals surface area contributed by atoms with Crippen molar-refractivity contribution in [1.82, 2.24) is 25.3 Å². The molecule has 0 radical (unpaired) electrons. The lowest BCUT2D eigenvalue weighted by molar-refractivity contribution is -0.196. The van der Waals surface area contributed by atoms with Gasteiger partial charge in [0.25, 0.3) is 0 Å². The molecular weight excluding hydrogens is 558 g/mol. The fourth-order valence-corrected chi connectivity index (χ4v) is 3.85. The zero-order chi connectivity index (χ0) is 30.0. The fraction of sp³-hybridized carbons (Fsp3) is 0.478. The number of unbranched alkanes of at least 4 members (excludes halogenated alkanes) is 1. The highest BCUT2D eigenvalue weighted by Gasteiger charge is 2.43. The number of nitrogens with one attached hydrogen (secondary N) is 1. The highest BCUT2D eigenvalue weighted by Crippen LogP contribution is 2.44. The number of rotatable bonds is 10. The molecule has 1 atom stereocenters. The molecule has 17 heteroatoms. The molecule has 0 fully saturated rings. The number of aromatic nitrogens is 4. The molecule has 3 aromatic rings. The summed E-state index contributed by atoms with van der Waals surface area (Å²) < 4.78 is 125. The van der Waals surface area contributed by atoms with Crippen molar-refractivity contribution >= 4 is 22.5 Å². The summed E-state index contributed by atoms with van der Waals surface area (Å²) in [7, 11) is 1.05. The number of ether oxygens (including phenoxy) is 2. The summed E-state index contributed by atoms with van der Waals surface area (Å²) in [6, 6.07) is -0.582.